The molecule has 19 heavy (non-hydrogen) atoms. The Labute approximate surface area is 106 Å². The van der Waals surface area contributed by atoms with Gasteiger partial charge in [-0.05, 0) is 29.8 Å². The Morgan fingerprint density at radius 1 is 1.26 bits per heavy atom. The molecule has 94 valence electrons. The van der Waals surface area contributed by atoms with Crippen LogP contribution in [-0.2, 0) is 4.79 Å². The van der Waals surface area contributed by atoms with E-state index in [-0.39, 0.29) is 11.1 Å². The monoisotopic (exact) mass is 255 g/mol. The van der Waals surface area contributed by atoms with Crippen LogP contribution in [0.1, 0.15) is 5.56 Å². The predicted octanol–water partition coefficient (Wildman–Crippen LogP) is 2.37. The third kappa shape index (κ3) is 1.91. The van der Waals surface area contributed by atoms with Crippen LogP contribution < -0.4 is 5.56 Å². The van der Waals surface area contributed by atoms with Crippen LogP contribution in [0.5, 0.6) is 0 Å². The van der Waals surface area contributed by atoms with Crippen LogP contribution in [0.2, 0.25) is 0 Å². The molecule has 2 aromatic heterocycles. The lowest BCUT2D eigenvalue weighted by molar-refractivity contribution is -0.131. The van der Waals surface area contributed by atoms with Crippen LogP contribution >= 0.6 is 0 Å². The van der Waals surface area contributed by atoms with Crippen molar-refractivity contribution in [3.05, 3.63) is 52.5 Å². The Morgan fingerprint density at radius 3 is 2.89 bits per heavy atom. The summed E-state index contributed by atoms with van der Waals surface area (Å²) in [5.41, 5.74) is 1.32. The molecule has 5 nitrogen and oxygen atoms in total. The highest BCUT2D eigenvalue weighted by Crippen LogP contribution is 2.27. The van der Waals surface area contributed by atoms with Gasteiger partial charge in [0.1, 0.15) is 5.58 Å². The topological polar surface area (TPSA) is 83.3 Å². The van der Waals surface area contributed by atoms with E-state index in [0.717, 1.165) is 17.0 Å². The number of fused-ring (bicyclic) bond motifs is 3. The van der Waals surface area contributed by atoms with Crippen molar-refractivity contribution in [3.63, 3.8) is 0 Å². The number of hydrogen-bond donors (Lipinski definition) is 2. The normalized spacial score (nSPS) is 11.6. The minimum atomic E-state index is -1.01. The number of furan rings is 1. The maximum Gasteiger partial charge on any atom is 0.328 e. The van der Waals surface area contributed by atoms with Crippen molar-refractivity contribution >= 4 is 34.0 Å². The zero-order chi connectivity index (χ0) is 13.4. The minimum Gasteiger partial charge on any atom is -0.478 e. The lowest BCUT2D eigenvalue weighted by Crippen LogP contribution is -2.02. The molecule has 0 aliphatic carbocycles. The van der Waals surface area contributed by atoms with Gasteiger partial charge in [-0.1, -0.05) is 6.07 Å². The zero-order valence-electron chi connectivity index (χ0n) is 9.71. The fraction of sp³-hybridized carbons (Fsp3) is 0. The van der Waals surface area contributed by atoms with Gasteiger partial charge < -0.3 is 14.5 Å². The number of benzene rings is 1. The van der Waals surface area contributed by atoms with Crippen LogP contribution in [0.25, 0.3) is 28.0 Å². The van der Waals surface area contributed by atoms with Crippen molar-refractivity contribution in [1.82, 2.24) is 4.98 Å². The second kappa shape index (κ2) is 4.13. The van der Waals surface area contributed by atoms with Crippen molar-refractivity contribution in [2.45, 2.75) is 0 Å². The summed E-state index contributed by atoms with van der Waals surface area (Å²) in [7, 11) is 0. The molecule has 3 aromatic rings. The molecule has 0 fully saturated rings. The van der Waals surface area contributed by atoms with Gasteiger partial charge in [-0.2, -0.15) is 0 Å². The van der Waals surface area contributed by atoms with Gasteiger partial charge in [0.25, 0.3) is 5.56 Å². The molecule has 0 radical (unpaired) electrons. The first-order valence-corrected chi connectivity index (χ1v) is 5.60. The summed E-state index contributed by atoms with van der Waals surface area (Å²) in [4.78, 5) is 24.6. The van der Waals surface area contributed by atoms with Gasteiger partial charge in [0.2, 0.25) is 0 Å². The predicted molar refractivity (Wildman–Crippen MR) is 71.0 cm³/mol. The van der Waals surface area contributed by atoms with E-state index in [1.54, 1.807) is 30.5 Å². The molecule has 2 heterocycles. The van der Waals surface area contributed by atoms with Crippen LogP contribution in [0.4, 0.5) is 0 Å². The number of aliphatic carboxylic acids is 1. The Balaban J connectivity index is 2.27. The van der Waals surface area contributed by atoms with Gasteiger partial charge >= 0.3 is 5.97 Å². The third-order valence-corrected chi connectivity index (χ3v) is 2.84. The van der Waals surface area contributed by atoms with E-state index < -0.39 is 5.97 Å². The second-order valence-corrected chi connectivity index (χ2v) is 4.08. The number of aromatic amines is 1. The quantitative estimate of drug-likeness (QED) is 0.688. The van der Waals surface area contributed by atoms with Crippen molar-refractivity contribution in [2.24, 2.45) is 0 Å². The summed E-state index contributed by atoms with van der Waals surface area (Å²) in [6.45, 7) is 0. The van der Waals surface area contributed by atoms with Crippen molar-refractivity contribution in [3.8, 4) is 0 Å². The van der Waals surface area contributed by atoms with E-state index in [4.69, 9.17) is 9.52 Å². The van der Waals surface area contributed by atoms with Gasteiger partial charge in [-0.3, -0.25) is 4.79 Å². The van der Waals surface area contributed by atoms with E-state index in [1.165, 1.54) is 6.08 Å². The Kier molecular flexibility index (Phi) is 2.45. The van der Waals surface area contributed by atoms with Gasteiger partial charge in [0.15, 0.2) is 5.58 Å². The summed E-state index contributed by atoms with van der Waals surface area (Å²) >= 11 is 0. The molecule has 0 unspecified atom stereocenters. The first-order chi connectivity index (χ1) is 9.15. The summed E-state index contributed by atoms with van der Waals surface area (Å²) < 4.78 is 5.48. The molecular formula is C14H9NO4. The minimum absolute atomic E-state index is 0.275. The fourth-order valence-electron chi connectivity index (χ4n) is 2.01. The van der Waals surface area contributed by atoms with Crippen molar-refractivity contribution < 1.29 is 14.3 Å². The molecule has 2 N–H and O–H groups in total. The summed E-state index contributed by atoms with van der Waals surface area (Å²) in [6.07, 6.45) is 4.11. The molecule has 0 bridgehead atoms. The lowest BCUT2D eigenvalue weighted by atomic mass is 10.1. The lowest BCUT2D eigenvalue weighted by Gasteiger charge is -1.93. The van der Waals surface area contributed by atoms with Crippen molar-refractivity contribution in [1.29, 1.82) is 0 Å². The van der Waals surface area contributed by atoms with Crippen LogP contribution in [0.15, 0.2) is 45.8 Å². The average Bonchev–Trinajstić information content (AvgIpc) is 2.76. The van der Waals surface area contributed by atoms with Gasteiger partial charge in [-0.25, -0.2) is 4.79 Å². The molecule has 0 saturated carbocycles. The highest BCUT2D eigenvalue weighted by molar-refractivity contribution is 6.05. The van der Waals surface area contributed by atoms with E-state index in [2.05, 4.69) is 4.98 Å². The van der Waals surface area contributed by atoms with Gasteiger partial charge in [0, 0.05) is 23.0 Å². The first-order valence-electron chi connectivity index (χ1n) is 5.60. The Hall–Kier alpha value is -2.82. The first kappa shape index (κ1) is 11.3. The largest absolute Gasteiger partial charge is 0.478 e. The molecule has 5 heteroatoms. The standard InChI is InChI=1S/C14H9NO4/c16-12(17)4-2-8-1-3-11-10(7-8)9-5-6-15-14(18)13(9)19-11/h1-7H,(H,15,18)(H,16,17). The highest BCUT2D eigenvalue weighted by atomic mass is 16.4. The number of pyridine rings is 1. The number of nitrogens with one attached hydrogen (secondary N) is 1. The number of H-pyrrole nitrogens is 1. The number of carboxylic acid groups (broad SMARTS) is 1. The maximum atomic E-state index is 11.6. The zero-order valence-corrected chi connectivity index (χ0v) is 9.71. The Morgan fingerprint density at radius 2 is 2.11 bits per heavy atom. The van der Waals surface area contributed by atoms with E-state index in [0.29, 0.717) is 11.0 Å². The summed E-state index contributed by atoms with van der Waals surface area (Å²) in [5, 5.41) is 10.1. The number of hydrogen-bond acceptors (Lipinski definition) is 3. The molecule has 1 aromatic carbocycles. The highest BCUT2D eigenvalue weighted by Gasteiger charge is 2.09. The molecule has 0 amide bonds. The SMILES string of the molecule is O=C(O)C=Cc1ccc2oc3c(=O)[nH]ccc3c2c1. The number of carbonyl (C=O) groups is 1. The number of carboxylic acids is 1. The Bertz CT molecular complexity index is 870. The van der Waals surface area contributed by atoms with Crippen LogP contribution in [-0.4, -0.2) is 16.1 Å². The van der Waals surface area contributed by atoms with E-state index >= 15 is 0 Å². The van der Waals surface area contributed by atoms with E-state index in [1.807, 2.05) is 0 Å². The third-order valence-electron chi connectivity index (χ3n) is 2.84. The summed E-state index contributed by atoms with van der Waals surface area (Å²) in [6, 6.07) is 7.00. The molecule has 3 rings (SSSR count). The molecular weight excluding hydrogens is 246 g/mol. The average molecular weight is 255 g/mol. The van der Waals surface area contributed by atoms with Crippen LogP contribution in [0.3, 0.4) is 0 Å². The molecule has 0 saturated heterocycles. The van der Waals surface area contributed by atoms with Crippen LogP contribution in [0, 0.1) is 0 Å². The summed E-state index contributed by atoms with van der Waals surface area (Å²) in [5.74, 6) is -1.01. The molecule has 0 atom stereocenters. The molecule has 0 spiro atoms. The number of rotatable bonds is 2. The number of aromatic nitrogens is 1. The fourth-order valence-corrected chi connectivity index (χ4v) is 2.01. The van der Waals surface area contributed by atoms with Gasteiger partial charge in [0.05, 0.1) is 0 Å². The molecule has 0 aliphatic heterocycles. The second-order valence-electron chi connectivity index (χ2n) is 4.08. The molecule has 0 aliphatic rings. The smallest absolute Gasteiger partial charge is 0.328 e. The van der Waals surface area contributed by atoms with Crippen molar-refractivity contribution in [2.75, 3.05) is 0 Å². The van der Waals surface area contributed by atoms with Gasteiger partial charge in [-0.15, -0.1) is 0 Å². The van der Waals surface area contributed by atoms with E-state index in [9.17, 15) is 9.59 Å². The maximum absolute atomic E-state index is 11.6.